The predicted molar refractivity (Wildman–Crippen MR) is 95.6 cm³/mol. The van der Waals surface area contributed by atoms with Crippen molar-refractivity contribution >= 4 is 16.5 Å². The van der Waals surface area contributed by atoms with E-state index in [0.29, 0.717) is 5.13 Å². The number of nitrogens with two attached hydrogens (primary N) is 1. The fourth-order valence-corrected chi connectivity index (χ4v) is 3.19. The second-order valence-corrected chi connectivity index (χ2v) is 6.51. The van der Waals surface area contributed by atoms with Crippen molar-refractivity contribution in [3.05, 3.63) is 29.1 Å². The molecule has 0 radical (unpaired) electrons. The zero-order valence-electron chi connectivity index (χ0n) is 13.6. The second-order valence-electron chi connectivity index (χ2n) is 5.62. The molecule has 0 amide bonds. The lowest BCUT2D eigenvalue weighted by Crippen LogP contribution is -1.93. The number of thiazole rings is 1. The van der Waals surface area contributed by atoms with Crippen LogP contribution in [0.3, 0.4) is 0 Å². The molecular formula is C18H26N2OS. The first-order valence-corrected chi connectivity index (χ1v) is 9.01. The Morgan fingerprint density at radius 2 is 1.91 bits per heavy atom. The summed E-state index contributed by atoms with van der Waals surface area (Å²) in [6.45, 7) is 2.25. The van der Waals surface area contributed by atoms with Gasteiger partial charge in [0.05, 0.1) is 12.8 Å². The highest BCUT2D eigenvalue weighted by atomic mass is 32.1. The van der Waals surface area contributed by atoms with Crippen LogP contribution in [0.5, 0.6) is 5.75 Å². The fraction of sp³-hybridized carbons (Fsp3) is 0.500. The number of rotatable bonds is 9. The molecule has 1 heterocycles. The fourth-order valence-electron chi connectivity index (χ4n) is 2.63. The smallest absolute Gasteiger partial charge is 0.180 e. The number of benzene rings is 1. The Hall–Kier alpha value is -1.55. The molecule has 0 bridgehead atoms. The van der Waals surface area contributed by atoms with Crippen LogP contribution in [0.15, 0.2) is 23.6 Å². The third-order valence-corrected chi connectivity index (χ3v) is 4.55. The third kappa shape index (κ3) is 4.73. The molecule has 0 unspecified atom stereocenters. The summed E-state index contributed by atoms with van der Waals surface area (Å²) in [4.78, 5) is 4.38. The van der Waals surface area contributed by atoms with Crippen molar-refractivity contribution in [2.45, 2.75) is 51.9 Å². The summed E-state index contributed by atoms with van der Waals surface area (Å²) in [5.41, 5.74) is 9.04. The van der Waals surface area contributed by atoms with Gasteiger partial charge in [-0.25, -0.2) is 4.98 Å². The molecule has 0 atom stereocenters. The first kappa shape index (κ1) is 16.8. The molecule has 2 N–H and O–H groups in total. The first-order valence-electron chi connectivity index (χ1n) is 8.13. The maximum absolute atomic E-state index is 5.75. The van der Waals surface area contributed by atoms with E-state index in [2.05, 4.69) is 24.0 Å². The summed E-state index contributed by atoms with van der Waals surface area (Å²) in [7, 11) is 1.70. The summed E-state index contributed by atoms with van der Waals surface area (Å²) in [6.07, 6.45) is 9.04. The average molecular weight is 318 g/mol. The molecule has 4 heteroatoms. The summed E-state index contributed by atoms with van der Waals surface area (Å²) in [5.74, 6) is 0.858. The van der Waals surface area contributed by atoms with Gasteiger partial charge >= 0.3 is 0 Å². The van der Waals surface area contributed by atoms with Crippen molar-refractivity contribution in [2.75, 3.05) is 12.8 Å². The maximum atomic E-state index is 5.75. The second kappa shape index (κ2) is 8.79. The number of nitrogen functional groups attached to an aromatic ring is 1. The van der Waals surface area contributed by atoms with Gasteiger partial charge < -0.3 is 10.5 Å². The van der Waals surface area contributed by atoms with Gasteiger partial charge in [0.25, 0.3) is 0 Å². The number of methoxy groups -OCH3 is 1. The minimum Gasteiger partial charge on any atom is -0.496 e. The summed E-state index contributed by atoms with van der Waals surface area (Å²) in [6, 6.07) is 6.39. The molecular weight excluding hydrogens is 292 g/mol. The van der Waals surface area contributed by atoms with Gasteiger partial charge in [-0.3, -0.25) is 0 Å². The van der Waals surface area contributed by atoms with E-state index in [1.165, 1.54) is 55.4 Å². The van der Waals surface area contributed by atoms with Gasteiger partial charge in [-0.2, -0.15) is 0 Å². The highest BCUT2D eigenvalue weighted by Gasteiger charge is 2.10. The van der Waals surface area contributed by atoms with Crippen molar-refractivity contribution in [1.29, 1.82) is 0 Å². The summed E-state index contributed by atoms with van der Waals surface area (Å²) >= 11 is 1.46. The number of anilines is 1. The number of aromatic nitrogens is 1. The van der Waals surface area contributed by atoms with E-state index in [4.69, 9.17) is 10.5 Å². The normalized spacial score (nSPS) is 10.8. The number of hydrogen-bond acceptors (Lipinski definition) is 4. The molecule has 3 nitrogen and oxygen atoms in total. The topological polar surface area (TPSA) is 48.1 Å². The number of unbranched alkanes of at least 4 members (excludes halogenated alkanes) is 5. The van der Waals surface area contributed by atoms with E-state index < -0.39 is 0 Å². The van der Waals surface area contributed by atoms with E-state index in [1.54, 1.807) is 7.11 Å². The van der Waals surface area contributed by atoms with E-state index in [0.717, 1.165) is 23.4 Å². The van der Waals surface area contributed by atoms with Crippen LogP contribution in [0, 0.1) is 0 Å². The molecule has 0 spiro atoms. The quantitative estimate of drug-likeness (QED) is 0.638. The molecule has 0 fully saturated rings. The number of aryl methyl sites for hydroxylation is 1. The van der Waals surface area contributed by atoms with Crippen LogP contribution in [0.25, 0.3) is 11.3 Å². The maximum Gasteiger partial charge on any atom is 0.180 e. The van der Waals surface area contributed by atoms with Crippen molar-refractivity contribution in [3.63, 3.8) is 0 Å². The number of hydrogen-bond donors (Lipinski definition) is 1. The van der Waals surface area contributed by atoms with Crippen LogP contribution in [0.2, 0.25) is 0 Å². The lowest BCUT2D eigenvalue weighted by atomic mass is 10.0. The van der Waals surface area contributed by atoms with E-state index >= 15 is 0 Å². The summed E-state index contributed by atoms with van der Waals surface area (Å²) < 4.78 is 5.46. The minimum atomic E-state index is 0.596. The Morgan fingerprint density at radius 3 is 2.59 bits per heavy atom. The van der Waals surface area contributed by atoms with Crippen LogP contribution >= 0.6 is 11.3 Å². The van der Waals surface area contributed by atoms with Crippen LogP contribution < -0.4 is 10.5 Å². The zero-order valence-corrected chi connectivity index (χ0v) is 14.4. The Labute approximate surface area is 137 Å². The van der Waals surface area contributed by atoms with Gasteiger partial charge in [-0.05, 0) is 30.5 Å². The van der Waals surface area contributed by atoms with E-state index in [-0.39, 0.29) is 0 Å². The Kier molecular flexibility index (Phi) is 6.72. The molecule has 0 aliphatic carbocycles. The third-order valence-electron chi connectivity index (χ3n) is 3.88. The summed E-state index contributed by atoms with van der Waals surface area (Å²) in [5, 5.41) is 2.58. The highest BCUT2D eigenvalue weighted by molar-refractivity contribution is 7.13. The Morgan fingerprint density at radius 1 is 1.14 bits per heavy atom. The zero-order chi connectivity index (χ0) is 15.8. The monoisotopic (exact) mass is 318 g/mol. The Balaban J connectivity index is 1.98. The van der Waals surface area contributed by atoms with Gasteiger partial charge in [-0.15, -0.1) is 11.3 Å². The minimum absolute atomic E-state index is 0.596. The van der Waals surface area contributed by atoms with Crippen LogP contribution in [0.1, 0.15) is 51.0 Å². The average Bonchev–Trinajstić information content (AvgIpc) is 2.97. The molecule has 0 aliphatic rings. The van der Waals surface area contributed by atoms with E-state index in [1.807, 2.05) is 11.4 Å². The number of nitrogens with zero attached hydrogens (tertiary/aromatic N) is 1. The molecule has 1 aromatic heterocycles. The molecule has 2 rings (SSSR count). The number of ether oxygens (including phenoxy) is 1. The van der Waals surface area contributed by atoms with Gasteiger partial charge in [0.2, 0.25) is 0 Å². The van der Waals surface area contributed by atoms with Crippen molar-refractivity contribution in [2.24, 2.45) is 0 Å². The SMILES string of the molecule is CCCCCCCCc1ccc(OC)c(-c2csc(N)n2)c1. The van der Waals surface area contributed by atoms with Crippen LogP contribution in [-0.4, -0.2) is 12.1 Å². The largest absolute Gasteiger partial charge is 0.496 e. The Bertz CT molecular complexity index is 580. The highest BCUT2D eigenvalue weighted by Crippen LogP contribution is 2.32. The lowest BCUT2D eigenvalue weighted by Gasteiger charge is -2.09. The molecule has 1 aromatic carbocycles. The van der Waals surface area contributed by atoms with Gasteiger partial charge in [0.15, 0.2) is 5.13 Å². The molecule has 2 aromatic rings. The molecule has 0 aliphatic heterocycles. The predicted octanol–water partition coefficient (Wildman–Crippen LogP) is 5.30. The standard InChI is InChI=1S/C18H26N2OS/c1-3-4-5-6-7-8-9-14-10-11-17(21-2)15(12-14)16-13-22-18(19)20-16/h10-13H,3-9H2,1-2H3,(H2,19,20). The van der Waals surface area contributed by atoms with Crippen molar-refractivity contribution in [3.8, 4) is 17.0 Å². The van der Waals surface area contributed by atoms with Gasteiger partial charge in [0.1, 0.15) is 5.75 Å². The van der Waals surface area contributed by atoms with E-state index in [9.17, 15) is 0 Å². The van der Waals surface area contributed by atoms with Gasteiger partial charge in [0, 0.05) is 10.9 Å². The lowest BCUT2D eigenvalue weighted by molar-refractivity contribution is 0.416. The van der Waals surface area contributed by atoms with Crippen LogP contribution in [0.4, 0.5) is 5.13 Å². The molecule has 120 valence electrons. The molecule has 0 saturated heterocycles. The molecule has 22 heavy (non-hydrogen) atoms. The van der Waals surface area contributed by atoms with Gasteiger partial charge in [-0.1, -0.05) is 45.1 Å². The van der Waals surface area contributed by atoms with Crippen LogP contribution in [-0.2, 0) is 6.42 Å². The van der Waals surface area contributed by atoms with Crippen molar-refractivity contribution in [1.82, 2.24) is 4.98 Å². The molecule has 0 saturated carbocycles. The van der Waals surface area contributed by atoms with Crippen molar-refractivity contribution < 1.29 is 4.74 Å². The first-order chi connectivity index (χ1) is 10.7.